The number of nitrogens with one attached hydrogen (secondary N) is 1. The summed E-state index contributed by atoms with van der Waals surface area (Å²) in [7, 11) is 0. The van der Waals surface area contributed by atoms with Crippen molar-refractivity contribution in [2.24, 2.45) is 0 Å². The zero-order valence-electron chi connectivity index (χ0n) is 9.17. The van der Waals surface area contributed by atoms with Crippen LogP contribution in [0.1, 0.15) is 21.9 Å². The van der Waals surface area contributed by atoms with Gasteiger partial charge in [0.05, 0.1) is 17.7 Å². The molecule has 17 heavy (non-hydrogen) atoms. The Morgan fingerprint density at radius 1 is 1.53 bits per heavy atom. The Balaban J connectivity index is 2.07. The van der Waals surface area contributed by atoms with E-state index in [2.05, 4.69) is 15.3 Å². The van der Waals surface area contributed by atoms with Crippen molar-refractivity contribution < 1.29 is 9.90 Å². The molecule has 6 heteroatoms. The van der Waals surface area contributed by atoms with Gasteiger partial charge in [0.25, 0.3) is 0 Å². The van der Waals surface area contributed by atoms with Gasteiger partial charge in [-0.15, -0.1) is 11.3 Å². The van der Waals surface area contributed by atoms with Crippen molar-refractivity contribution in [3.8, 4) is 0 Å². The van der Waals surface area contributed by atoms with E-state index in [4.69, 9.17) is 5.11 Å². The largest absolute Gasteiger partial charge is 0.476 e. The molecule has 0 aliphatic heterocycles. The van der Waals surface area contributed by atoms with E-state index in [1.807, 2.05) is 25.1 Å². The summed E-state index contributed by atoms with van der Waals surface area (Å²) in [6, 6.07) is 5.73. The number of carboxylic acid groups (broad SMARTS) is 1. The van der Waals surface area contributed by atoms with Crippen molar-refractivity contribution in [2.45, 2.75) is 13.5 Å². The number of anilines is 1. The van der Waals surface area contributed by atoms with Gasteiger partial charge in [0, 0.05) is 5.69 Å². The molecule has 0 aliphatic carbocycles. The second-order valence-electron chi connectivity index (χ2n) is 3.46. The molecule has 2 aromatic heterocycles. The van der Waals surface area contributed by atoms with Crippen molar-refractivity contribution in [3.63, 3.8) is 0 Å². The van der Waals surface area contributed by atoms with Crippen molar-refractivity contribution in [1.29, 1.82) is 0 Å². The van der Waals surface area contributed by atoms with Gasteiger partial charge >= 0.3 is 5.97 Å². The third-order valence-corrected chi connectivity index (χ3v) is 2.93. The van der Waals surface area contributed by atoms with E-state index in [-0.39, 0.29) is 5.69 Å². The number of nitrogens with zero attached hydrogens (tertiary/aromatic N) is 2. The van der Waals surface area contributed by atoms with Gasteiger partial charge in [0.2, 0.25) is 0 Å². The van der Waals surface area contributed by atoms with Gasteiger partial charge in [-0.05, 0) is 19.1 Å². The van der Waals surface area contributed by atoms with Crippen LogP contribution in [0, 0.1) is 6.92 Å². The van der Waals surface area contributed by atoms with E-state index in [1.54, 1.807) is 0 Å². The SMILES string of the molecule is Cc1cccc(CNc2scnc2C(=O)O)n1. The topological polar surface area (TPSA) is 75.1 Å². The van der Waals surface area contributed by atoms with Gasteiger partial charge in [-0.2, -0.15) is 0 Å². The van der Waals surface area contributed by atoms with E-state index >= 15 is 0 Å². The van der Waals surface area contributed by atoms with Crippen molar-refractivity contribution in [1.82, 2.24) is 9.97 Å². The molecule has 2 rings (SSSR count). The van der Waals surface area contributed by atoms with Crippen molar-refractivity contribution >= 4 is 22.3 Å². The number of aromatic carboxylic acids is 1. The molecule has 0 amide bonds. The standard InChI is InChI=1S/C11H11N3O2S/c1-7-3-2-4-8(14-7)5-12-10-9(11(15)16)13-6-17-10/h2-4,6,12H,5H2,1H3,(H,15,16). The number of thiazole rings is 1. The molecule has 88 valence electrons. The minimum absolute atomic E-state index is 0.0580. The summed E-state index contributed by atoms with van der Waals surface area (Å²) in [4.78, 5) is 18.9. The van der Waals surface area contributed by atoms with Crippen LogP contribution in [0.2, 0.25) is 0 Å². The van der Waals surface area contributed by atoms with E-state index in [9.17, 15) is 4.79 Å². The summed E-state index contributed by atoms with van der Waals surface area (Å²) in [6.45, 7) is 2.41. The van der Waals surface area contributed by atoms with Crippen LogP contribution in [0.3, 0.4) is 0 Å². The second kappa shape index (κ2) is 4.92. The van der Waals surface area contributed by atoms with Gasteiger partial charge in [0.15, 0.2) is 5.69 Å². The summed E-state index contributed by atoms with van der Waals surface area (Å²) in [6.07, 6.45) is 0. The first-order valence-corrected chi connectivity index (χ1v) is 5.88. The molecule has 0 atom stereocenters. The molecule has 0 unspecified atom stereocenters. The van der Waals surface area contributed by atoms with E-state index < -0.39 is 5.97 Å². The van der Waals surface area contributed by atoms with Crippen LogP contribution in [0.15, 0.2) is 23.7 Å². The summed E-state index contributed by atoms with van der Waals surface area (Å²) in [5.41, 5.74) is 3.37. The van der Waals surface area contributed by atoms with Gasteiger partial charge in [-0.1, -0.05) is 6.07 Å². The summed E-state index contributed by atoms with van der Waals surface area (Å²) < 4.78 is 0. The van der Waals surface area contributed by atoms with Crippen LogP contribution in [-0.4, -0.2) is 21.0 Å². The van der Waals surface area contributed by atoms with Crippen molar-refractivity contribution in [3.05, 3.63) is 40.8 Å². The molecule has 2 heterocycles. The maximum absolute atomic E-state index is 10.8. The molecule has 0 saturated carbocycles. The van der Waals surface area contributed by atoms with Crippen LogP contribution in [0.4, 0.5) is 5.00 Å². The van der Waals surface area contributed by atoms with Crippen LogP contribution < -0.4 is 5.32 Å². The Hall–Kier alpha value is -1.95. The second-order valence-corrected chi connectivity index (χ2v) is 4.31. The van der Waals surface area contributed by atoms with Crippen LogP contribution in [-0.2, 0) is 6.54 Å². The monoisotopic (exact) mass is 249 g/mol. The molecule has 0 bridgehead atoms. The van der Waals surface area contributed by atoms with E-state index in [1.165, 1.54) is 16.8 Å². The average Bonchev–Trinajstić information content (AvgIpc) is 2.74. The molecule has 0 aromatic carbocycles. The number of carboxylic acids is 1. The predicted molar refractivity (Wildman–Crippen MR) is 65.4 cm³/mol. The Kier molecular flexibility index (Phi) is 3.34. The predicted octanol–water partition coefficient (Wildman–Crippen LogP) is 2.16. The zero-order chi connectivity index (χ0) is 12.3. The lowest BCUT2D eigenvalue weighted by atomic mass is 10.3. The zero-order valence-corrected chi connectivity index (χ0v) is 9.99. The molecule has 0 aliphatic rings. The number of rotatable bonds is 4. The Labute approximate surface area is 102 Å². The van der Waals surface area contributed by atoms with Gasteiger partial charge in [-0.25, -0.2) is 9.78 Å². The fourth-order valence-corrected chi connectivity index (χ4v) is 2.06. The minimum atomic E-state index is -1.02. The molecule has 0 fully saturated rings. The highest BCUT2D eigenvalue weighted by molar-refractivity contribution is 7.14. The summed E-state index contributed by atoms with van der Waals surface area (Å²) in [5, 5.41) is 12.5. The number of carbonyl (C=O) groups is 1. The fraction of sp³-hybridized carbons (Fsp3) is 0.182. The fourth-order valence-electron chi connectivity index (χ4n) is 1.39. The number of aryl methyl sites for hydroxylation is 1. The Morgan fingerprint density at radius 3 is 3.06 bits per heavy atom. The van der Waals surface area contributed by atoms with Crippen LogP contribution in [0.25, 0.3) is 0 Å². The maximum atomic E-state index is 10.8. The lowest BCUT2D eigenvalue weighted by molar-refractivity contribution is 0.0692. The highest BCUT2D eigenvalue weighted by atomic mass is 32.1. The third kappa shape index (κ3) is 2.79. The summed E-state index contributed by atoms with van der Waals surface area (Å²) >= 11 is 1.27. The molecule has 0 saturated heterocycles. The van der Waals surface area contributed by atoms with Gasteiger partial charge in [0.1, 0.15) is 5.00 Å². The van der Waals surface area contributed by atoms with E-state index in [0.717, 1.165) is 11.4 Å². The maximum Gasteiger partial charge on any atom is 0.357 e. The lowest BCUT2D eigenvalue weighted by Crippen LogP contribution is -2.06. The molecular formula is C11H11N3O2S. The third-order valence-electron chi connectivity index (χ3n) is 2.15. The Bertz CT molecular complexity index is 539. The number of pyridine rings is 1. The highest BCUT2D eigenvalue weighted by Gasteiger charge is 2.12. The first-order valence-electron chi connectivity index (χ1n) is 5.00. The smallest absolute Gasteiger partial charge is 0.357 e. The quantitative estimate of drug-likeness (QED) is 0.868. The Morgan fingerprint density at radius 2 is 2.35 bits per heavy atom. The van der Waals surface area contributed by atoms with Gasteiger partial charge < -0.3 is 10.4 Å². The first kappa shape index (κ1) is 11.5. The van der Waals surface area contributed by atoms with E-state index in [0.29, 0.717) is 11.5 Å². The first-order chi connectivity index (χ1) is 8.16. The van der Waals surface area contributed by atoms with Crippen molar-refractivity contribution in [2.75, 3.05) is 5.32 Å². The minimum Gasteiger partial charge on any atom is -0.476 e. The molecule has 0 spiro atoms. The summed E-state index contributed by atoms with van der Waals surface area (Å²) in [5.74, 6) is -1.02. The van der Waals surface area contributed by atoms with Crippen LogP contribution in [0.5, 0.6) is 0 Å². The molecule has 5 nitrogen and oxygen atoms in total. The molecule has 0 radical (unpaired) electrons. The molecule has 2 N–H and O–H groups in total. The van der Waals surface area contributed by atoms with Gasteiger partial charge in [-0.3, -0.25) is 4.98 Å². The number of hydrogen-bond acceptors (Lipinski definition) is 5. The number of hydrogen-bond donors (Lipinski definition) is 2. The molecular weight excluding hydrogens is 238 g/mol. The average molecular weight is 249 g/mol. The lowest BCUT2D eigenvalue weighted by Gasteiger charge is -2.04. The molecule has 2 aromatic rings. The highest BCUT2D eigenvalue weighted by Crippen LogP contribution is 2.20. The normalized spacial score (nSPS) is 10.2. The number of aromatic nitrogens is 2. The van der Waals surface area contributed by atoms with Crippen LogP contribution >= 0.6 is 11.3 Å².